The second-order valence-corrected chi connectivity index (χ2v) is 4.76. The van der Waals surface area contributed by atoms with Crippen molar-refractivity contribution in [2.45, 2.75) is 18.6 Å². The summed E-state index contributed by atoms with van der Waals surface area (Å²) in [6, 6.07) is 6.47. The maximum absolute atomic E-state index is 12.0. The zero-order valence-electron chi connectivity index (χ0n) is 10.4. The molecule has 1 aliphatic heterocycles. The number of carbonyl (C=O) groups is 1. The largest absolute Gasteiger partial charge is 0.380 e. The van der Waals surface area contributed by atoms with Crippen LogP contribution in [-0.2, 0) is 9.53 Å². The molecule has 1 fully saturated rings. The molecule has 1 heterocycles. The van der Waals surface area contributed by atoms with Gasteiger partial charge >= 0.3 is 0 Å². The molecular weight excluding hydrogens is 266 g/mol. The van der Waals surface area contributed by atoms with Crippen LogP contribution < -0.4 is 10.6 Å². The number of methoxy groups -OCH3 is 1. The molecule has 1 amide bonds. The molecule has 0 aromatic heterocycles. The third kappa shape index (κ3) is 3.24. The number of nitriles is 1. The van der Waals surface area contributed by atoms with E-state index in [1.807, 2.05) is 6.07 Å². The molecule has 0 spiro atoms. The van der Waals surface area contributed by atoms with Gasteiger partial charge in [-0.15, -0.1) is 0 Å². The molecular formula is C13H14ClN3O2. The molecule has 1 saturated heterocycles. The van der Waals surface area contributed by atoms with Crippen molar-refractivity contribution in [3.63, 3.8) is 0 Å². The normalized spacial score (nSPS) is 21.9. The second-order valence-electron chi connectivity index (χ2n) is 4.35. The Balaban J connectivity index is 2.02. The van der Waals surface area contributed by atoms with Crippen molar-refractivity contribution >= 4 is 23.2 Å². The van der Waals surface area contributed by atoms with Crippen LogP contribution in [0.15, 0.2) is 18.2 Å². The number of amides is 1. The van der Waals surface area contributed by atoms with Crippen LogP contribution in [0.4, 0.5) is 5.69 Å². The van der Waals surface area contributed by atoms with Gasteiger partial charge in [0.2, 0.25) is 5.91 Å². The van der Waals surface area contributed by atoms with Crippen molar-refractivity contribution in [1.29, 1.82) is 5.26 Å². The van der Waals surface area contributed by atoms with Crippen LogP contribution in [0.2, 0.25) is 5.02 Å². The van der Waals surface area contributed by atoms with Gasteiger partial charge in [0.25, 0.3) is 0 Å². The van der Waals surface area contributed by atoms with Crippen molar-refractivity contribution in [3.8, 4) is 6.07 Å². The summed E-state index contributed by atoms with van der Waals surface area (Å²) in [4.78, 5) is 12.0. The lowest BCUT2D eigenvalue weighted by Crippen LogP contribution is -2.35. The molecule has 2 N–H and O–H groups in total. The highest BCUT2D eigenvalue weighted by Gasteiger charge is 2.29. The molecule has 1 aromatic rings. The number of nitrogens with zero attached hydrogens (tertiary/aromatic N) is 1. The Labute approximate surface area is 116 Å². The summed E-state index contributed by atoms with van der Waals surface area (Å²) in [6.45, 7) is 0.662. The molecule has 19 heavy (non-hydrogen) atoms. The molecule has 2 unspecified atom stereocenters. The molecule has 2 atom stereocenters. The number of nitrogens with one attached hydrogen (secondary N) is 2. The fraction of sp³-hybridized carbons (Fsp3) is 0.385. The van der Waals surface area contributed by atoms with Gasteiger partial charge in [-0.25, -0.2) is 0 Å². The predicted octanol–water partition coefficient (Wildman–Crippen LogP) is 1.53. The first kappa shape index (κ1) is 13.8. The van der Waals surface area contributed by atoms with Crippen LogP contribution in [0.1, 0.15) is 12.0 Å². The Kier molecular flexibility index (Phi) is 4.38. The van der Waals surface area contributed by atoms with Crippen molar-refractivity contribution < 1.29 is 9.53 Å². The highest BCUT2D eigenvalue weighted by Crippen LogP contribution is 2.23. The van der Waals surface area contributed by atoms with E-state index in [1.165, 1.54) is 6.07 Å². The van der Waals surface area contributed by atoms with Gasteiger partial charge in [0, 0.05) is 13.7 Å². The smallest absolute Gasteiger partial charge is 0.241 e. The highest BCUT2D eigenvalue weighted by atomic mass is 35.5. The quantitative estimate of drug-likeness (QED) is 0.880. The van der Waals surface area contributed by atoms with Crippen LogP contribution in [0.5, 0.6) is 0 Å². The van der Waals surface area contributed by atoms with Crippen LogP contribution in [-0.4, -0.2) is 31.7 Å². The zero-order valence-corrected chi connectivity index (χ0v) is 11.2. The molecule has 6 heteroatoms. The topological polar surface area (TPSA) is 74.2 Å². The minimum Gasteiger partial charge on any atom is -0.380 e. The van der Waals surface area contributed by atoms with Gasteiger partial charge in [-0.2, -0.15) is 5.26 Å². The number of benzene rings is 1. The molecule has 0 aliphatic carbocycles. The fourth-order valence-electron chi connectivity index (χ4n) is 1.99. The number of carbonyl (C=O) groups excluding carboxylic acids is 1. The van der Waals surface area contributed by atoms with Gasteiger partial charge in [-0.05, 0) is 24.6 Å². The maximum atomic E-state index is 12.0. The van der Waals surface area contributed by atoms with Crippen LogP contribution in [0.25, 0.3) is 0 Å². The summed E-state index contributed by atoms with van der Waals surface area (Å²) >= 11 is 6.00. The predicted molar refractivity (Wildman–Crippen MR) is 72.0 cm³/mol. The number of hydrogen-bond acceptors (Lipinski definition) is 4. The molecule has 100 valence electrons. The molecule has 0 bridgehead atoms. The first-order chi connectivity index (χ1) is 9.13. The number of halogens is 1. The average molecular weight is 280 g/mol. The molecule has 2 rings (SSSR count). The van der Waals surface area contributed by atoms with Crippen LogP contribution >= 0.6 is 11.6 Å². The monoisotopic (exact) mass is 279 g/mol. The molecule has 5 nitrogen and oxygen atoms in total. The number of ether oxygens (including phenoxy) is 1. The summed E-state index contributed by atoms with van der Waals surface area (Å²) in [6.07, 6.45) is 0.697. The van der Waals surface area contributed by atoms with E-state index in [4.69, 9.17) is 21.6 Å². The van der Waals surface area contributed by atoms with E-state index < -0.39 is 0 Å². The standard InChI is InChI=1S/C13H14ClN3O2/c1-19-9-5-12(16-7-9)13(18)17-11-3-2-8(6-15)4-10(11)14/h2-4,9,12,16H,5,7H2,1H3,(H,17,18). The average Bonchev–Trinajstić information content (AvgIpc) is 2.90. The summed E-state index contributed by atoms with van der Waals surface area (Å²) in [7, 11) is 1.63. The molecule has 0 radical (unpaired) electrons. The van der Waals surface area contributed by atoms with Gasteiger partial charge in [-0.3, -0.25) is 4.79 Å². The van der Waals surface area contributed by atoms with Gasteiger partial charge in [0.05, 0.1) is 34.5 Å². The van der Waals surface area contributed by atoms with E-state index in [0.717, 1.165) is 0 Å². The minimum absolute atomic E-state index is 0.0622. The van der Waals surface area contributed by atoms with Crippen molar-refractivity contribution in [1.82, 2.24) is 5.32 Å². The molecule has 1 aliphatic rings. The fourth-order valence-corrected chi connectivity index (χ4v) is 2.22. The van der Waals surface area contributed by atoms with E-state index in [9.17, 15) is 4.79 Å². The summed E-state index contributed by atoms with van der Waals surface area (Å²) in [5.41, 5.74) is 0.967. The second kappa shape index (κ2) is 6.02. The van der Waals surface area contributed by atoms with E-state index in [2.05, 4.69) is 10.6 Å². The lowest BCUT2D eigenvalue weighted by molar-refractivity contribution is -0.118. The third-order valence-electron chi connectivity index (χ3n) is 3.10. The number of rotatable bonds is 3. The molecule has 0 saturated carbocycles. The highest BCUT2D eigenvalue weighted by molar-refractivity contribution is 6.33. The van der Waals surface area contributed by atoms with Crippen molar-refractivity contribution in [3.05, 3.63) is 28.8 Å². The number of hydrogen-bond donors (Lipinski definition) is 2. The van der Waals surface area contributed by atoms with Crippen LogP contribution in [0.3, 0.4) is 0 Å². The van der Waals surface area contributed by atoms with E-state index >= 15 is 0 Å². The Morgan fingerprint density at radius 2 is 2.42 bits per heavy atom. The summed E-state index contributed by atoms with van der Waals surface area (Å²) in [5, 5.41) is 14.9. The van der Waals surface area contributed by atoms with Crippen LogP contribution in [0, 0.1) is 11.3 Å². The summed E-state index contributed by atoms with van der Waals surface area (Å²) < 4.78 is 5.19. The SMILES string of the molecule is COC1CNC(C(=O)Nc2ccc(C#N)cc2Cl)C1. The number of anilines is 1. The first-order valence-corrected chi connectivity index (χ1v) is 6.28. The first-order valence-electron chi connectivity index (χ1n) is 5.90. The van der Waals surface area contributed by atoms with Gasteiger partial charge in [0.15, 0.2) is 0 Å². The lowest BCUT2D eigenvalue weighted by Gasteiger charge is -2.12. The van der Waals surface area contributed by atoms with Gasteiger partial charge in [-0.1, -0.05) is 11.6 Å². The zero-order chi connectivity index (χ0) is 13.8. The Morgan fingerprint density at radius 1 is 1.63 bits per heavy atom. The maximum Gasteiger partial charge on any atom is 0.241 e. The van der Waals surface area contributed by atoms with E-state index in [0.29, 0.717) is 29.2 Å². The van der Waals surface area contributed by atoms with E-state index in [-0.39, 0.29) is 18.1 Å². The third-order valence-corrected chi connectivity index (χ3v) is 3.41. The van der Waals surface area contributed by atoms with Crippen molar-refractivity contribution in [2.24, 2.45) is 0 Å². The Bertz CT molecular complexity index is 527. The Hall–Kier alpha value is -1.61. The lowest BCUT2D eigenvalue weighted by atomic mass is 10.1. The van der Waals surface area contributed by atoms with Gasteiger partial charge < -0.3 is 15.4 Å². The summed E-state index contributed by atoms with van der Waals surface area (Å²) in [5.74, 6) is -0.147. The molecule has 1 aromatic carbocycles. The Morgan fingerprint density at radius 3 is 3.00 bits per heavy atom. The minimum atomic E-state index is -0.281. The van der Waals surface area contributed by atoms with Gasteiger partial charge in [0.1, 0.15) is 0 Å². The van der Waals surface area contributed by atoms with E-state index in [1.54, 1.807) is 19.2 Å². The van der Waals surface area contributed by atoms with Crippen molar-refractivity contribution in [2.75, 3.05) is 19.0 Å².